The zero-order chi connectivity index (χ0) is 51.9. The normalized spacial score (nSPS) is 22.6. The van der Waals surface area contributed by atoms with E-state index in [1.807, 2.05) is 0 Å². The monoisotopic (exact) mass is 988 g/mol. The fourth-order valence-electron chi connectivity index (χ4n) is 14.6. The molecule has 370 valence electrons. The predicted molar refractivity (Wildman–Crippen MR) is 322 cm³/mol. The van der Waals surface area contributed by atoms with E-state index in [9.17, 15) is 0 Å². The number of allylic oxidation sites excluding steroid dienone is 4. The minimum Gasteiger partial charge on any atom is -0.328 e. The van der Waals surface area contributed by atoms with E-state index in [0.29, 0.717) is 0 Å². The lowest BCUT2D eigenvalue weighted by molar-refractivity contribution is 0.424. The summed E-state index contributed by atoms with van der Waals surface area (Å²) in [6.45, 7) is 10.0. The van der Waals surface area contributed by atoms with Gasteiger partial charge in [0.15, 0.2) is 0 Å². The van der Waals surface area contributed by atoms with Gasteiger partial charge in [-0.3, -0.25) is 0 Å². The molecule has 1 heterocycles. The first-order valence-corrected chi connectivity index (χ1v) is 27.3. The highest BCUT2D eigenvalue weighted by molar-refractivity contribution is 5.91. The van der Waals surface area contributed by atoms with Crippen LogP contribution in [0.25, 0.3) is 33.4 Å². The maximum absolute atomic E-state index is 2.70. The van der Waals surface area contributed by atoms with Crippen molar-refractivity contribution in [1.29, 1.82) is 0 Å². The van der Waals surface area contributed by atoms with Crippen LogP contribution >= 0.6 is 0 Å². The summed E-state index contributed by atoms with van der Waals surface area (Å²) < 4.78 is 0. The van der Waals surface area contributed by atoms with Crippen LogP contribution in [0.1, 0.15) is 55.5 Å². The molecule has 0 spiro atoms. The van der Waals surface area contributed by atoms with Crippen molar-refractivity contribution in [3.05, 3.63) is 330 Å². The molecule has 14 rings (SSSR count). The minimum atomic E-state index is -0.664. The molecule has 0 saturated heterocycles. The fourth-order valence-corrected chi connectivity index (χ4v) is 14.6. The van der Waals surface area contributed by atoms with E-state index in [4.69, 9.17) is 0 Å². The number of rotatable bonds is 10. The van der Waals surface area contributed by atoms with Gasteiger partial charge in [-0.15, -0.1) is 0 Å². The largest absolute Gasteiger partial charge is 0.328 e. The molecule has 0 amide bonds. The molecule has 0 aromatic heterocycles. The molecule has 77 heavy (non-hydrogen) atoms. The average molecular weight is 989 g/mol. The van der Waals surface area contributed by atoms with Crippen molar-refractivity contribution in [2.75, 3.05) is 9.80 Å². The lowest BCUT2D eigenvalue weighted by Crippen LogP contribution is -2.58. The highest BCUT2D eigenvalue weighted by Gasteiger charge is 2.67. The Bertz CT molecular complexity index is 3850. The third-order valence-corrected chi connectivity index (χ3v) is 17.9. The Balaban J connectivity index is 1.02. The average Bonchev–Trinajstić information content (AvgIpc) is 2.88. The summed E-state index contributed by atoms with van der Waals surface area (Å²) in [5.74, 6) is 0.106. The van der Waals surface area contributed by atoms with Crippen LogP contribution in [0.5, 0.6) is 0 Å². The fraction of sp³-hybridized carbons (Fsp3) is 0.120. The van der Waals surface area contributed by atoms with E-state index in [1.54, 1.807) is 0 Å². The summed E-state index contributed by atoms with van der Waals surface area (Å²) in [7, 11) is 0. The van der Waals surface area contributed by atoms with E-state index in [1.165, 1.54) is 89.3 Å². The SMILES string of the molecule is CC1C=C2C3(C)C4=C1C(C)(c1ccccc1)C=CC4(C)N(c1ccc(-c4ccccc4)cc1)c1cccc(c13)C2(c1ccccc1)c1cccc(N(c2ccc(-c3ccccc3)cc2)c2ccc(-c3ccccc3)cc2)c1. The van der Waals surface area contributed by atoms with E-state index < -0.39 is 16.4 Å². The summed E-state index contributed by atoms with van der Waals surface area (Å²) in [6, 6.07) is 99.0. The Hall–Kier alpha value is -8.98. The molecule has 1 aliphatic heterocycles. The molecule has 2 nitrogen and oxygen atoms in total. The summed E-state index contributed by atoms with van der Waals surface area (Å²) in [4.78, 5) is 5.13. The second-order valence-corrected chi connectivity index (χ2v) is 22.1. The van der Waals surface area contributed by atoms with E-state index in [2.05, 4.69) is 323 Å². The van der Waals surface area contributed by atoms with Gasteiger partial charge in [0, 0.05) is 39.3 Å². The van der Waals surface area contributed by atoms with Crippen LogP contribution in [0.15, 0.2) is 302 Å². The van der Waals surface area contributed by atoms with Gasteiger partial charge in [0.05, 0.1) is 11.0 Å². The molecule has 0 saturated carbocycles. The lowest BCUT2D eigenvalue weighted by Gasteiger charge is -2.60. The molecule has 10 aromatic rings. The Morgan fingerprint density at radius 3 is 1.39 bits per heavy atom. The van der Waals surface area contributed by atoms with Gasteiger partial charge in [0.1, 0.15) is 0 Å². The minimum absolute atomic E-state index is 0.106. The van der Waals surface area contributed by atoms with Gasteiger partial charge in [-0.25, -0.2) is 0 Å². The second-order valence-electron chi connectivity index (χ2n) is 22.1. The van der Waals surface area contributed by atoms with E-state index in [0.717, 1.165) is 17.1 Å². The first-order chi connectivity index (χ1) is 37.7. The van der Waals surface area contributed by atoms with E-state index >= 15 is 0 Å². The van der Waals surface area contributed by atoms with Crippen LogP contribution in [0.2, 0.25) is 0 Å². The molecule has 3 aliphatic carbocycles. The van der Waals surface area contributed by atoms with Crippen LogP contribution < -0.4 is 9.80 Å². The molecule has 10 aromatic carbocycles. The number of benzene rings is 10. The third kappa shape index (κ3) is 6.94. The van der Waals surface area contributed by atoms with Gasteiger partial charge < -0.3 is 9.80 Å². The molecular weight excluding hydrogens is 929 g/mol. The molecule has 0 fully saturated rings. The van der Waals surface area contributed by atoms with Crippen molar-refractivity contribution < 1.29 is 0 Å². The number of hydrogen-bond acceptors (Lipinski definition) is 2. The van der Waals surface area contributed by atoms with Crippen molar-refractivity contribution in [3.63, 3.8) is 0 Å². The Labute approximate surface area is 454 Å². The number of anilines is 5. The van der Waals surface area contributed by atoms with Gasteiger partial charge in [-0.2, -0.15) is 0 Å². The zero-order valence-corrected chi connectivity index (χ0v) is 44.1. The Kier molecular flexibility index (Phi) is 10.8. The molecular formula is C75H60N2. The number of nitrogens with zero attached hydrogens (tertiary/aromatic N) is 2. The first kappa shape index (κ1) is 46.5. The maximum atomic E-state index is 2.70. The topological polar surface area (TPSA) is 6.48 Å². The van der Waals surface area contributed by atoms with Crippen molar-refractivity contribution in [3.8, 4) is 33.4 Å². The third-order valence-electron chi connectivity index (χ3n) is 17.9. The molecule has 0 N–H and O–H groups in total. The molecule has 0 bridgehead atoms. The van der Waals surface area contributed by atoms with Gasteiger partial charge in [0.2, 0.25) is 0 Å². The molecule has 5 atom stereocenters. The van der Waals surface area contributed by atoms with Crippen molar-refractivity contribution >= 4 is 28.4 Å². The van der Waals surface area contributed by atoms with Crippen LogP contribution in [0.4, 0.5) is 28.4 Å². The van der Waals surface area contributed by atoms with Crippen LogP contribution in [0.3, 0.4) is 0 Å². The van der Waals surface area contributed by atoms with Crippen molar-refractivity contribution in [1.82, 2.24) is 0 Å². The van der Waals surface area contributed by atoms with Crippen LogP contribution in [0, 0.1) is 5.92 Å². The van der Waals surface area contributed by atoms with Crippen molar-refractivity contribution in [2.45, 2.75) is 49.5 Å². The zero-order valence-electron chi connectivity index (χ0n) is 44.1. The van der Waals surface area contributed by atoms with Gasteiger partial charge in [-0.05, 0) is 159 Å². The molecule has 5 unspecified atom stereocenters. The lowest BCUT2D eigenvalue weighted by atomic mass is 9.49. The number of hydrogen-bond donors (Lipinski definition) is 0. The maximum Gasteiger partial charge on any atom is 0.0833 e. The van der Waals surface area contributed by atoms with Crippen LogP contribution in [-0.2, 0) is 16.2 Å². The summed E-state index contributed by atoms with van der Waals surface area (Å²) in [6.07, 6.45) is 7.81. The standard InChI is InChI=1S/C75H60N2/c1-52-50-68-74(4)70-66(34-21-35-67(70)77(64-46-40-58(41-47-64)55-26-14-7-15-27-55)73(3)49-48-72(2,69(52)71(73)74)59-28-16-8-17-29-59)75(68,60-30-18-9-19-31-60)61-32-20-33-65(51-61)76(62-42-36-56(37-43-62)53-22-10-5-11-23-53)63-44-38-57(39-45-63)54-24-12-6-13-25-54/h5-52H,1-4H3. The Morgan fingerprint density at radius 2 is 0.857 bits per heavy atom. The second kappa shape index (κ2) is 17.8. The smallest absolute Gasteiger partial charge is 0.0833 e. The molecule has 0 radical (unpaired) electrons. The predicted octanol–water partition coefficient (Wildman–Crippen LogP) is 19.1. The summed E-state index contributed by atoms with van der Waals surface area (Å²) in [5.41, 5.74) is 21.9. The van der Waals surface area contributed by atoms with Gasteiger partial charge in [0.25, 0.3) is 0 Å². The van der Waals surface area contributed by atoms with Gasteiger partial charge in [-0.1, -0.05) is 237 Å². The highest BCUT2D eigenvalue weighted by Crippen LogP contribution is 2.73. The first-order valence-electron chi connectivity index (χ1n) is 27.3. The molecule has 4 aliphatic rings. The Morgan fingerprint density at radius 1 is 0.403 bits per heavy atom. The van der Waals surface area contributed by atoms with Crippen molar-refractivity contribution in [2.24, 2.45) is 5.92 Å². The summed E-state index contributed by atoms with van der Waals surface area (Å²) >= 11 is 0. The molecule has 2 heteroatoms. The van der Waals surface area contributed by atoms with Gasteiger partial charge >= 0.3 is 0 Å². The summed E-state index contributed by atoms with van der Waals surface area (Å²) in [5, 5.41) is 0. The van der Waals surface area contributed by atoms with Crippen LogP contribution in [-0.4, -0.2) is 5.54 Å². The van der Waals surface area contributed by atoms with E-state index in [-0.39, 0.29) is 11.3 Å². The quantitative estimate of drug-likeness (QED) is 0.126. The highest BCUT2D eigenvalue weighted by atomic mass is 15.2.